The van der Waals surface area contributed by atoms with Gasteiger partial charge in [0.15, 0.2) is 24.8 Å². The number of carbonyl (C=O) groups excluding carboxylic acids is 1. The van der Waals surface area contributed by atoms with Gasteiger partial charge in [-0.25, -0.2) is 4.79 Å². The van der Waals surface area contributed by atoms with Crippen molar-refractivity contribution in [2.24, 2.45) is 17.8 Å². The number of carboxylic acids is 1. The standard InChI is InChI=1S/C36H54O15/c1-18-14-21(34(44)45-3)16-23(30(18)51-35-29(41)28(40)26(38)19(2)46-35)49-36-32(47-22-12-8-5-9-13-22)31(27(39)25(17-37)50-36)48-24(33(42)43)15-20-10-6-4-7-11-20/h5,8-9,12-13,18-21,23-32,35-41H,4,6-7,10-11,14-17H2,1-3H3,(H,42,43)/t18?,19?,21?,23?,24-,25?,26?,27?,28?,29?,30?,31?,32?,35?,36?/m0/s1. The summed E-state index contributed by atoms with van der Waals surface area (Å²) in [6, 6.07) is 8.58. The van der Waals surface area contributed by atoms with Gasteiger partial charge in [-0.1, -0.05) is 57.2 Å². The lowest BCUT2D eigenvalue weighted by atomic mass is 9.78. The molecule has 0 bridgehead atoms. The van der Waals surface area contributed by atoms with Crippen molar-refractivity contribution in [2.75, 3.05) is 13.7 Å². The summed E-state index contributed by atoms with van der Waals surface area (Å²) < 4.78 is 42.4. The van der Waals surface area contributed by atoms with E-state index >= 15 is 0 Å². The SMILES string of the molecule is COC(=O)C1CC(C)C(OC2OC(C)C(O)C(O)C2O)C(OC2OC(CO)C(O)C(O[C@@H](CC3CCCCC3)C(=O)O)C2Oc2ccccc2)C1. The van der Waals surface area contributed by atoms with Gasteiger partial charge in [-0.3, -0.25) is 4.79 Å². The van der Waals surface area contributed by atoms with Crippen molar-refractivity contribution in [2.45, 2.75) is 145 Å². The number of aliphatic carboxylic acids is 1. The van der Waals surface area contributed by atoms with Crippen molar-refractivity contribution in [3.05, 3.63) is 30.3 Å². The van der Waals surface area contributed by atoms with Gasteiger partial charge in [-0.05, 0) is 50.2 Å². The Hall–Kier alpha value is -2.44. The molecule has 1 aromatic rings. The Morgan fingerprint density at radius 1 is 0.843 bits per heavy atom. The molecule has 2 heterocycles. The van der Waals surface area contributed by atoms with Crippen LogP contribution in [0.1, 0.15) is 65.2 Å². The first-order valence-corrected chi connectivity index (χ1v) is 18.0. The average molecular weight is 727 g/mol. The normalized spacial score (nSPS) is 39.9. The first-order chi connectivity index (χ1) is 24.4. The predicted octanol–water partition coefficient (Wildman–Crippen LogP) is 1.14. The number of ether oxygens (including phenoxy) is 7. The van der Waals surface area contributed by atoms with E-state index in [2.05, 4.69) is 0 Å². The van der Waals surface area contributed by atoms with Gasteiger partial charge in [0.2, 0.25) is 0 Å². The number of carboxylic acid groups (broad SMARTS) is 1. The molecule has 0 amide bonds. The molecule has 1 aromatic carbocycles. The lowest BCUT2D eigenvalue weighted by Gasteiger charge is -2.48. The van der Waals surface area contributed by atoms with Crippen LogP contribution in [0.4, 0.5) is 0 Å². The van der Waals surface area contributed by atoms with Gasteiger partial charge >= 0.3 is 11.9 Å². The van der Waals surface area contributed by atoms with Crippen LogP contribution in [-0.4, -0.2) is 136 Å². The summed E-state index contributed by atoms with van der Waals surface area (Å²) in [6.45, 7) is 2.68. The third kappa shape index (κ3) is 9.57. The van der Waals surface area contributed by atoms with Gasteiger partial charge < -0.3 is 63.8 Å². The second-order valence-corrected chi connectivity index (χ2v) is 14.4. The summed E-state index contributed by atoms with van der Waals surface area (Å²) in [6.07, 6.45) is -11.3. The molecule has 14 unspecified atom stereocenters. The summed E-state index contributed by atoms with van der Waals surface area (Å²) in [7, 11) is 1.28. The van der Waals surface area contributed by atoms with Gasteiger partial charge in [0, 0.05) is 0 Å². The van der Waals surface area contributed by atoms with E-state index < -0.39 is 110 Å². The summed E-state index contributed by atoms with van der Waals surface area (Å²) >= 11 is 0. The van der Waals surface area contributed by atoms with E-state index in [-0.39, 0.29) is 18.8 Å². The highest BCUT2D eigenvalue weighted by Gasteiger charge is 2.53. The van der Waals surface area contributed by atoms with Gasteiger partial charge in [-0.15, -0.1) is 0 Å². The van der Waals surface area contributed by atoms with E-state index in [1.807, 2.05) is 6.92 Å². The molecule has 4 aliphatic rings. The third-order valence-electron chi connectivity index (χ3n) is 10.7. The van der Waals surface area contributed by atoms with Crippen molar-refractivity contribution in [3.63, 3.8) is 0 Å². The summed E-state index contributed by atoms with van der Waals surface area (Å²) in [5.74, 6) is -2.23. The van der Waals surface area contributed by atoms with Gasteiger partial charge in [0.25, 0.3) is 0 Å². The minimum Gasteiger partial charge on any atom is -0.482 e. The number of aliphatic hydroxyl groups is 5. The molecular weight excluding hydrogens is 672 g/mol. The van der Waals surface area contributed by atoms with Crippen LogP contribution in [0, 0.1) is 17.8 Å². The molecule has 4 fully saturated rings. The highest BCUT2D eigenvalue weighted by molar-refractivity contribution is 5.72. The minimum atomic E-state index is -1.61. The first kappa shape index (κ1) is 39.8. The number of benzene rings is 1. The Morgan fingerprint density at radius 2 is 1.55 bits per heavy atom. The van der Waals surface area contributed by atoms with E-state index in [0.29, 0.717) is 12.2 Å². The molecule has 2 aliphatic heterocycles. The number of aliphatic hydroxyl groups excluding tert-OH is 5. The van der Waals surface area contributed by atoms with E-state index in [1.54, 1.807) is 30.3 Å². The molecule has 288 valence electrons. The Labute approximate surface area is 297 Å². The molecule has 15 atom stereocenters. The van der Waals surface area contributed by atoms with Crippen LogP contribution in [0.3, 0.4) is 0 Å². The quantitative estimate of drug-likeness (QED) is 0.157. The monoisotopic (exact) mass is 726 g/mol. The Morgan fingerprint density at radius 3 is 2.20 bits per heavy atom. The van der Waals surface area contributed by atoms with Crippen LogP contribution in [0.2, 0.25) is 0 Å². The second-order valence-electron chi connectivity index (χ2n) is 14.4. The van der Waals surface area contributed by atoms with E-state index in [0.717, 1.165) is 32.1 Å². The number of methoxy groups -OCH3 is 1. The van der Waals surface area contributed by atoms with E-state index in [1.165, 1.54) is 14.0 Å². The van der Waals surface area contributed by atoms with Crippen LogP contribution >= 0.6 is 0 Å². The third-order valence-corrected chi connectivity index (χ3v) is 10.7. The summed E-state index contributed by atoms with van der Waals surface area (Å²) in [5, 5.41) is 63.5. The van der Waals surface area contributed by atoms with Gasteiger partial charge in [0.1, 0.15) is 42.4 Å². The fourth-order valence-corrected chi connectivity index (χ4v) is 7.85. The molecule has 2 aliphatic carbocycles. The van der Waals surface area contributed by atoms with Crippen molar-refractivity contribution in [3.8, 4) is 5.75 Å². The number of esters is 1. The lowest BCUT2D eigenvalue weighted by Crippen LogP contribution is -2.64. The second kappa shape index (κ2) is 18.1. The van der Waals surface area contributed by atoms with Crippen LogP contribution in [0.15, 0.2) is 30.3 Å². The molecule has 6 N–H and O–H groups in total. The van der Waals surface area contributed by atoms with Crippen LogP contribution in [-0.2, 0) is 38.0 Å². The number of hydrogen-bond acceptors (Lipinski definition) is 14. The van der Waals surface area contributed by atoms with Gasteiger partial charge in [-0.2, -0.15) is 0 Å². The topological polar surface area (TPSA) is 220 Å². The Bertz CT molecular complexity index is 1250. The maximum Gasteiger partial charge on any atom is 0.332 e. The smallest absolute Gasteiger partial charge is 0.332 e. The fraction of sp³-hybridized carbons (Fsp3) is 0.778. The predicted molar refractivity (Wildman–Crippen MR) is 176 cm³/mol. The zero-order valence-electron chi connectivity index (χ0n) is 29.3. The molecule has 0 aromatic heterocycles. The maximum atomic E-state index is 12.8. The highest BCUT2D eigenvalue weighted by Crippen LogP contribution is 2.39. The zero-order chi connectivity index (χ0) is 36.8. The molecule has 2 saturated carbocycles. The zero-order valence-corrected chi connectivity index (χ0v) is 29.3. The van der Waals surface area contributed by atoms with Crippen LogP contribution < -0.4 is 4.74 Å². The summed E-state index contributed by atoms with van der Waals surface area (Å²) in [5.41, 5.74) is 0. The molecule has 5 rings (SSSR count). The molecule has 51 heavy (non-hydrogen) atoms. The largest absolute Gasteiger partial charge is 0.482 e. The summed E-state index contributed by atoms with van der Waals surface area (Å²) in [4.78, 5) is 25.4. The van der Waals surface area contributed by atoms with Gasteiger partial charge in [0.05, 0.1) is 37.9 Å². The molecule has 0 radical (unpaired) electrons. The van der Waals surface area contributed by atoms with Crippen LogP contribution in [0.25, 0.3) is 0 Å². The molecule has 15 nitrogen and oxygen atoms in total. The number of carbonyl (C=O) groups is 2. The highest BCUT2D eigenvalue weighted by atomic mass is 16.7. The maximum absolute atomic E-state index is 12.8. The van der Waals surface area contributed by atoms with Crippen molar-refractivity contribution in [1.29, 1.82) is 0 Å². The minimum absolute atomic E-state index is 0.0560. The molecule has 15 heteroatoms. The fourth-order valence-electron chi connectivity index (χ4n) is 7.85. The Kier molecular flexibility index (Phi) is 14.1. The Balaban J connectivity index is 1.46. The molecular formula is C36H54O15. The van der Waals surface area contributed by atoms with Crippen molar-refractivity contribution >= 4 is 11.9 Å². The van der Waals surface area contributed by atoms with E-state index in [9.17, 15) is 40.2 Å². The molecule has 0 spiro atoms. The van der Waals surface area contributed by atoms with Crippen molar-refractivity contribution < 1.29 is 73.4 Å². The number of rotatable bonds is 13. The molecule has 2 saturated heterocycles. The lowest BCUT2D eigenvalue weighted by molar-refractivity contribution is -0.347. The van der Waals surface area contributed by atoms with Crippen molar-refractivity contribution in [1.82, 2.24) is 0 Å². The average Bonchev–Trinajstić information content (AvgIpc) is 3.13. The van der Waals surface area contributed by atoms with E-state index in [4.69, 9.17) is 33.2 Å². The first-order valence-electron chi connectivity index (χ1n) is 18.0. The number of para-hydroxylation sites is 1. The number of hydrogen-bond donors (Lipinski definition) is 6. The van der Waals surface area contributed by atoms with Crippen LogP contribution in [0.5, 0.6) is 5.75 Å².